The molecule has 0 atom stereocenters. The van der Waals surface area contributed by atoms with Crippen molar-refractivity contribution in [2.75, 3.05) is 0 Å². The van der Waals surface area contributed by atoms with E-state index in [1.165, 1.54) is 12.1 Å². The van der Waals surface area contributed by atoms with Gasteiger partial charge in [-0.25, -0.2) is 4.39 Å². The van der Waals surface area contributed by atoms with Gasteiger partial charge >= 0.3 is 0 Å². The summed E-state index contributed by atoms with van der Waals surface area (Å²) < 4.78 is 13.3. The van der Waals surface area contributed by atoms with Gasteiger partial charge in [0.15, 0.2) is 0 Å². The van der Waals surface area contributed by atoms with Crippen LogP contribution in [0.25, 0.3) is 11.1 Å². The summed E-state index contributed by atoms with van der Waals surface area (Å²) in [5.41, 5.74) is 2.47. The highest BCUT2D eigenvalue weighted by atomic mass is 35.5. The van der Waals surface area contributed by atoms with Gasteiger partial charge in [0.1, 0.15) is 5.82 Å². The first-order valence-electron chi connectivity index (χ1n) is 6.44. The van der Waals surface area contributed by atoms with Gasteiger partial charge in [0, 0.05) is 28.2 Å². The third-order valence-electron chi connectivity index (χ3n) is 2.99. The number of nitrogens with one attached hydrogen (secondary N) is 1. The van der Waals surface area contributed by atoms with Crippen LogP contribution < -0.4 is 5.32 Å². The van der Waals surface area contributed by atoms with Gasteiger partial charge in [-0.05, 0) is 35.4 Å². The summed E-state index contributed by atoms with van der Waals surface area (Å²) in [7, 11) is 0. The van der Waals surface area contributed by atoms with Crippen molar-refractivity contribution in [3.8, 4) is 11.1 Å². The van der Waals surface area contributed by atoms with Gasteiger partial charge in [0.25, 0.3) is 0 Å². The number of hydrogen-bond acceptors (Lipinski definition) is 1. The minimum atomic E-state index is -0.314. The van der Waals surface area contributed by atoms with Crippen LogP contribution >= 0.6 is 23.2 Å². The van der Waals surface area contributed by atoms with Gasteiger partial charge in [-0.1, -0.05) is 49.2 Å². The summed E-state index contributed by atoms with van der Waals surface area (Å²) in [6, 6.07) is 10.4. The SMILES string of the molecule is CC(C)NCc1ccc(-c2cc(F)ccc2Cl)cc1Cl. The van der Waals surface area contributed by atoms with E-state index >= 15 is 0 Å². The van der Waals surface area contributed by atoms with Gasteiger partial charge in [-0.15, -0.1) is 0 Å². The highest BCUT2D eigenvalue weighted by molar-refractivity contribution is 6.34. The zero-order chi connectivity index (χ0) is 14.7. The highest BCUT2D eigenvalue weighted by Crippen LogP contribution is 2.31. The van der Waals surface area contributed by atoms with Crippen molar-refractivity contribution in [2.45, 2.75) is 26.4 Å². The van der Waals surface area contributed by atoms with Crippen molar-refractivity contribution in [2.24, 2.45) is 0 Å². The molecule has 2 aromatic rings. The standard InChI is InChI=1S/C16H16Cl2FN/c1-10(2)20-9-12-4-3-11(7-16(12)18)14-8-13(19)5-6-15(14)17/h3-8,10,20H,9H2,1-2H3. The molecule has 2 aromatic carbocycles. The van der Waals surface area contributed by atoms with Gasteiger partial charge in [-0.2, -0.15) is 0 Å². The molecular formula is C16H16Cl2FN. The molecule has 0 spiro atoms. The number of rotatable bonds is 4. The van der Waals surface area contributed by atoms with Crippen molar-refractivity contribution in [3.63, 3.8) is 0 Å². The van der Waals surface area contributed by atoms with E-state index in [2.05, 4.69) is 19.2 Å². The average molecular weight is 312 g/mol. The second kappa shape index (κ2) is 6.57. The largest absolute Gasteiger partial charge is 0.310 e. The molecule has 0 saturated carbocycles. The van der Waals surface area contributed by atoms with E-state index in [4.69, 9.17) is 23.2 Å². The molecule has 0 aromatic heterocycles. The molecular weight excluding hydrogens is 296 g/mol. The Kier molecular flexibility index (Phi) is 5.03. The number of benzene rings is 2. The van der Waals surface area contributed by atoms with Gasteiger partial charge in [0.05, 0.1) is 0 Å². The fourth-order valence-corrected chi connectivity index (χ4v) is 2.37. The Morgan fingerprint density at radius 3 is 2.45 bits per heavy atom. The minimum absolute atomic E-state index is 0.314. The van der Waals surface area contributed by atoms with Crippen LogP contribution in [0.4, 0.5) is 4.39 Å². The molecule has 0 fully saturated rings. The molecule has 0 aliphatic rings. The number of halogens is 3. The van der Waals surface area contributed by atoms with Crippen LogP contribution in [0.1, 0.15) is 19.4 Å². The topological polar surface area (TPSA) is 12.0 Å². The van der Waals surface area contributed by atoms with Crippen LogP contribution in [-0.4, -0.2) is 6.04 Å². The smallest absolute Gasteiger partial charge is 0.123 e. The molecule has 20 heavy (non-hydrogen) atoms. The molecule has 0 amide bonds. The number of hydrogen-bond donors (Lipinski definition) is 1. The monoisotopic (exact) mass is 311 g/mol. The van der Waals surface area contributed by atoms with Crippen LogP contribution in [0.3, 0.4) is 0 Å². The van der Waals surface area contributed by atoms with E-state index < -0.39 is 0 Å². The van der Waals surface area contributed by atoms with Crippen molar-refractivity contribution in [3.05, 3.63) is 57.8 Å². The lowest BCUT2D eigenvalue weighted by molar-refractivity contribution is 0.589. The second-order valence-electron chi connectivity index (χ2n) is 4.97. The first-order chi connectivity index (χ1) is 9.47. The lowest BCUT2D eigenvalue weighted by Crippen LogP contribution is -2.21. The summed E-state index contributed by atoms with van der Waals surface area (Å²) >= 11 is 12.4. The fraction of sp³-hybridized carbons (Fsp3) is 0.250. The van der Waals surface area contributed by atoms with Crippen molar-refractivity contribution < 1.29 is 4.39 Å². The summed E-state index contributed by atoms with van der Waals surface area (Å²) in [6.07, 6.45) is 0. The van der Waals surface area contributed by atoms with E-state index in [1.807, 2.05) is 18.2 Å². The average Bonchev–Trinajstić information content (AvgIpc) is 2.40. The second-order valence-corrected chi connectivity index (χ2v) is 5.78. The van der Waals surface area contributed by atoms with Gasteiger partial charge < -0.3 is 5.32 Å². The Morgan fingerprint density at radius 1 is 1.05 bits per heavy atom. The van der Waals surface area contributed by atoms with Crippen LogP contribution in [0.2, 0.25) is 10.0 Å². The Hall–Kier alpha value is -1.09. The van der Waals surface area contributed by atoms with Crippen LogP contribution in [0.5, 0.6) is 0 Å². The molecule has 1 nitrogen and oxygen atoms in total. The summed E-state index contributed by atoms with van der Waals surface area (Å²) in [5.74, 6) is -0.314. The molecule has 0 aliphatic heterocycles. The van der Waals surface area contributed by atoms with Crippen LogP contribution in [0.15, 0.2) is 36.4 Å². The van der Waals surface area contributed by atoms with Gasteiger partial charge in [0.2, 0.25) is 0 Å². The third kappa shape index (κ3) is 3.72. The maximum absolute atomic E-state index is 13.3. The quantitative estimate of drug-likeness (QED) is 0.808. The summed E-state index contributed by atoms with van der Waals surface area (Å²) in [6.45, 7) is 4.86. The molecule has 0 unspecified atom stereocenters. The Balaban J connectivity index is 2.31. The minimum Gasteiger partial charge on any atom is -0.310 e. The first-order valence-corrected chi connectivity index (χ1v) is 7.20. The molecule has 4 heteroatoms. The van der Waals surface area contributed by atoms with E-state index in [9.17, 15) is 4.39 Å². The zero-order valence-corrected chi connectivity index (χ0v) is 12.9. The molecule has 2 rings (SSSR count). The lowest BCUT2D eigenvalue weighted by atomic mass is 10.0. The normalized spacial score (nSPS) is 11.1. The maximum atomic E-state index is 13.3. The lowest BCUT2D eigenvalue weighted by Gasteiger charge is -2.11. The molecule has 1 N–H and O–H groups in total. The van der Waals surface area contributed by atoms with Crippen molar-refractivity contribution >= 4 is 23.2 Å². The fourth-order valence-electron chi connectivity index (χ4n) is 1.89. The molecule has 0 radical (unpaired) electrons. The van der Waals surface area contributed by atoms with Crippen molar-refractivity contribution in [1.82, 2.24) is 5.32 Å². The van der Waals surface area contributed by atoms with E-state index in [0.29, 0.717) is 28.2 Å². The maximum Gasteiger partial charge on any atom is 0.123 e. The molecule has 0 aliphatic carbocycles. The Morgan fingerprint density at radius 2 is 1.80 bits per heavy atom. The van der Waals surface area contributed by atoms with E-state index in [-0.39, 0.29) is 5.82 Å². The molecule has 0 saturated heterocycles. The van der Waals surface area contributed by atoms with E-state index in [0.717, 1.165) is 11.1 Å². The first kappa shape index (κ1) is 15.3. The van der Waals surface area contributed by atoms with Crippen LogP contribution in [0, 0.1) is 5.82 Å². The molecule has 0 heterocycles. The summed E-state index contributed by atoms with van der Waals surface area (Å²) in [5, 5.41) is 4.47. The molecule has 0 bridgehead atoms. The Labute approximate surface area is 128 Å². The predicted octanol–water partition coefficient (Wildman–Crippen LogP) is 5.30. The third-order valence-corrected chi connectivity index (χ3v) is 3.67. The van der Waals surface area contributed by atoms with E-state index in [1.54, 1.807) is 6.07 Å². The molecule has 106 valence electrons. The Bertz CT molecular complexity index is 611. The van der Waals surface area contributed by atoms with Gasteiger partial charge in [-0.3, -0.25) is 0 Å². The van der Waals surface area contributed by atoms with Crippen LogP contribution in [-0.2, 0) is 6.54 Å². The predicted molar refractivity (Wildman–Crippen MR) is 83.8 cm³/mol. The van der Waals surface area contributed by atoms with Crippen molar-refractivity contribution in [1.29, 1.82) is 0 Å². The highest BCUT2D eigenvalue weighted by Gasteiger charge is 2.08. The zero-order valence-electron chi connectivity index (χ0n) is 11.4. The summed E-state index contributed by atoms with van der Waals surface area (Å²) in [4.78, 5) is 0.